The zero-order chi connectivity index (χ0) is 14.4. The van der Waals surface area contributed by atoms with E-state index in [-0.39, 0.29) is 0 Å². The zero-order valence-electron chi connectivity index (χ0n) is 12.2. The fourth-order valence-corrected chi connectivity index (χ4v) is 2.28. The van der Waals surface area contributed by atoms with Crippen molar-refractivity contribution in [3.63, 3.8) is 0 Å². The van der Waals surface area contributed by atoms with Crippen molar-refractivity contribution < 1.29 is 0 Å². The number of rotatable bonds is 7. The van der Waals surface area contributed by atoms with Crippen LogP contribution >= 0.6 is 11.6 Å². The lowest BCUT2D eigenvalue weighted by atomic mass is 10.1. The first-order chi connectivity index (χ1) is 9.72. The van der Waals surface area contributed by atoms with Gasteiger partial charge in [-0.1, -0.05) is 44.0 Å². The Morgan fingerprint density at radius 2 is 1.95 bits per heavy atom. The number of hydrogen-bond donors (Lipinski definition) is 2. The van der Waals surface area contributed by atoms with Crippen molar-refractivity contribution in [2.75, 3.05) is 5.32 Å². The summed E-state index contributed by atoms with van der Waals surface area (Å²) in [7, 11) is 0. The summed E-state index contributed by atoms with van der Waals surface area (Å²) in [4.78, 5) is 7.66. The van der Waals surface area contributed by atoms with Gasteiger partial charge in [0.15, 0.2) is 5.15 Å². The summed E-state index contributed by atoms with van der Waals surface area (Å²) in [5.41, 5.74) is 3.40. The molecule has 108 valence electrons. The van der Waals surface area contributed by atoms with E-state index >= 15 is 0 Å². The van der Waals surface area contributed by atoms with E-state index in [4.69, 9.17) is 11.6 Å². The van der Waals surface area contributed by atoms with E-state index in [1.54, 1.807) is 0 Å². The summed E-state index contributed by atoms with van der Waals surface area (Å²) in [6.07, 6.45) is 4.32. The van der Waals surface area contributed by atoms with Gasteiger partial charge >= 0.3 is 0 Å². The second-order valence-electron chi connectivity index (χ2n) is 4.96. The molecule has 2 rings (SSSR count). The molecule has 0 bridgehead atoms. The van der Waals surface area contributed by atoms with E-state index in [1.807, 2.05) is 0 Å². The first-order valence-corrected chi connectivity index (χ1v) is 7.66. The third kappa shape index (κ3) is 4.01. The van der Waals surface area contributed by atoms with Crippen molar-refractivity contribution in [3.8, 4) is 0 Å². The van der Waals surface area contributed by atoms with Gasteiger partial charge in [-0.2, -0.15) is 0 Å². The molecule has 0 aliphatic rings. The standard InChI is InChI=1S/C16H22ClN3/c1-3-5-6-15-19-14(16(17)20-15)11-18-13-9-7-12(4-2)8-10-13/h7-10,18H,3-6,11H2,1-2H3,(H,19,20). The second-order valence-corrected chi connectivity index (χ2v) is 5.32. The molecule has 0 unspecified atom stereocenters. The van der Waals surface area contributed by atoms with E-state index in [0.717, 1.165) is 42.9 Å². The van der Waals surface area contributed by atoms with Gasteiger partial charge in [-0.25, -0.2) is 4.98 Å². The van der Waals surface area contributed by atoms with Crippen LogP contribution in [-0.2, 0) is 19.4 Å². The molecule has 4 heteroatoms. The molecule has 20 heavy (non-hydrogen) atoms. The van der Waals surface area contributed by atoms with Gasteiger partial charge < -0.3 is 10.3 Å². The minimum Gasteiger partial charge on any atom is -0.379 e. The Labute approximate surface area is 125 Å². The summed E-state index contributed by atoms with van der Waals surface area (Å²) in [5, 5.41) is 3.94. The van der Waals surface area contributed by atoms with Crippen LogP contribution in [-0.4, -0.2) is 9.97 Å². The highest BCUT2D eigenvalue weighted by Gasteiger charge is 2.07. The molecule has 0 radical (unpaired) electrons. The Kier molecular flexibility index (Phi) is 5.48. The van der Waals surface area contributed by atoms with Gasteiger partial charge in [0.05, 0.1) is 12.2 Å². The lowest BCUT2D eigenvalue weighted by Gasteiger charge is -2.06. The maximum Gasteiger partial charge on any atom is 0.152 e. The average Bonchev–Trinajstić information content (AvgIpc) is 2.83. The van der Waals surface area contributed by atoms with Crippen LogP contribution in [0.4, 0.5) is 5.69 Å². The van der Waals surface area contributed by atoms with Crippen molar-refractivity contribution in [3.05, 3.63) is 46.5 Å². The molecule has 0 aliphatic heterocycles. The Balaban J connectivity index is 1.94. The van der Waals surface area contributed by atoms with Crippen molar-refractivity contribution >= 4 is 17.3 Å². The Bertz CT molecular complexity index is 531. The number of nitrogens with zero attached hydrogens (tertiary/aromatic N) is 1. The van der Waals surface area contributed by atoms with Crippen molar-refractivity contribution in [2.24, 2.45) is 0 Å². The number of aryl methyl sites for hydroxylation is 2. The van der Waals surface area contributed by atoms with Gasteiger partial charge in [-0.15, -0.1) is 0 Å². The van der Waals surface area contributed by atoms with Crippen LogP contribution in [0.1, 0.15) is 43.8 Å². The molecule has 1 aromatic carbocycles. The molecule has 1 heterocycles. The van der Waals surface area contributed by atoms with E-state index < -0.39 is 0 Å². The summed E-state index contributed by atoms with van der Waals surface area (Å²) >= 11 is 6.16. The predicted octanol–water partition coefficient (Wildman–Crippen LogP) is 4.58. The van der Waals surface area contributed by atoms with Crippen LogP contribution in [0.15, 0.2) is 24.3 Å². The fraction of sp³-hybridized carbons (Fsp3) is 0.438. The maximum atomic E-state index is 6.16. The number of H-pyrrole nitrogens is 1. The van der Waals surface area contributed by atoms with E-state index in [9.17, 15) is 0 Å². The van der Waals surface area contributed by atoms with E-state index in [2.05, 4.69) is 53.4 Å². The molecule has 2 N–H and O–H groups in total. The lowest BCUT2D eigenvalue weighted by molar-refractivity contribution is 0.760. The highest BCUT2D eigenvalue weighted by molar-refractivity contribution is 6.30. The molecule has 2 aromatic rings. The Morgan fingerprint density at radius 1 is 1.20 bits per heavy atom. The molecule has 3 nitrogen and oxygen atoms in total. The Morgan fingerprint density at radius 3 is 2.60 bits per heavy atom. The van der Waals surface area contributed by atoms with Gasteiger partial charge in [-0.05, 0) is 30.5 Å². The molecule has 0 amide bonds. The van der Waals surface area contributed by atoms with E-state index in [1.165, 1.54) is 5.56 Å². The maximum absolute atomic E-state index is 6.16. The summed E-state index contributed by atoms with van der Waals surface area (Å²) in [6.45, 7) is 5.00. The first kappa shape index (κ1) is 14.9. The zero-order valence-corrected chi connectivity index (χ0v) is 12.9. The number of hydrogen-bond acceptors (Lipinski definition) is 2. The van der Waals surface area contributed by atoms with Gasteiger partial charge in [0.1, 0.15) is 5.82 Å². The van der Waals surface area contributed by atoms with Crippen molar-refractivity contribution in [1.29, 1.82) is 0 Å². The number of halogens is 1. The third-order valence-electron chi connectivity index (χ3n) is 3.38. The van der Waals surface area contributed by atoms with Crippen LogP contribution in [0.3, 0.4) is 0 Å². The van der Waals surface area contributed by atoms with Crippen LogP contribution < -0.4 is 5.32 Å². The molecule has 0 fully saturated rings. The molecule has 1 aromatic heterocycles. The summed E-state index contributed by atoms with van der Waals surface area (Å²) in [6, 6.07) is 8.48. The quantitative estimate of drug-likeness (QED) is 0.784. The molecule has 0 spiro atoms. The topological polar surface area (TPSA) is 40.7 Å². The highest BCUT2D eigenvalue weighted by atomic mass is 35.5. The fourth-order valence-electron chi connectivity index (χ4n) is 2.07. The summed E-state index contributed by atoms with van der Waals surface area (Å²) < 4.78 is 0. The summed E-state index contributed by atoms with van der Waals surface area (Å²) in [5.74, 6) is 0.981. The van der Waals surface area contributed by atoms with E-state index in [0.29, 0.717) is 11.7 Å². The molecular weight excluding hydrogens is 270 g/mol. The van der Waals surface area contributed by atoms with Crippen LogP contribution in [0.25, 0.3) is 0 Å². The number of imidazole rings is 1. The minimum absolute atomic E-state index is 0.578. The molecule has 0 atom stereocenters. The predicted molar refractivity (Wildman–Crippen MR) is 85.4 cm³/mol. The number of anilines is 1. The smallest absolute Gasteiger partial charge is 0.152 e. The first-order valence-electron chi connectivity index (χ1n) is 7.29. The monoisotopic (exact) mass is 291 g/mol. The molecule has 0 saturated heterocycles. The number of unbranched alkanes of at least 4 members (excludes halogenated alkanes) is 1. The number of aromatic amines is 1. The molecule has 0 saturated carbocycles. The van der Waals surface area contributed by atoms with Gasteiger partial charge in [-0.3, -0.25) is 0 Å². The normalized spacial score (nSPS) is 10.8. The average molecular weight is 292 g/mol. The lowest BCUT2D eigenvalue weighted by Crippen LogP contribution is -2.00. The van der Waals surface area contributed by atoms with Crippen LogP contribution in [0, 0.1) is 0 Å². The van der Waals surface area contributed by atoms with Gasteiger partial charge in [0.25, 0.3) is 0 Å². The minimum atomic E-state index is 0.578. The van der Waals surface area contributed by atoms with Crippen molar-refractivity contribution in [2.45, 2.75) is 46.1 Å². The second kappa shape index (κ2) is 7.34. The number of aromatic nitrogens is 2. The Hall–Kier alpha value is -1.48. The SMILES string of the molecule is CCCCc1nc(Cl)c(CNc2ccc(CC)cc2)[nH]1. The van der Waals surface area contributed by atoms with Crippen molar-refractivity contribution in [1.82, 2.24) is 9.97 Å². The largest absolute Gasteiger partial charge is 0.379 e. The van der Waals surface area contributed by atoms with Gasteiger partial charge in [0.2, 0.25) is 0 Å². The number of benzene rings is 1. The highest BCUT2D eigenvalue weighted by Crippen LogP contribution is 2.17. The van der Waals surface area contributed by atoms with Crippen LogP contribution in [0.5, 0.6) is 0 Å². The molecular formula is C16H22ClN3. The molecule has 0 aliphatic carbocycles. The van der Waals surface area contributed by atoms with Gasteiger partial charge in [0, 0.05) is 12.1 Å². The number of nitrogens with one attached hydrogen (secondary N) is 2. The third-order valence-corrected chi connectivity index (χ3v) is 3.69. The van der Waals surface area contributed by atoms with Crippen LogP contribution in [0.2, 0.25) is 5.15 Å².